The second kappa shape index (κ2) is 5.75. The van der Waals surface area contributed by atoms with E-state index >= 15 is 0 Å². The predicted octanol–water partition coefficient (Wildman–Crippen LogP) is 1.09. The molecule has 0 radical (unpaired) electrons. The van der Waals surface area contributed by atoms with Crippen LogP contribution in [-0.4, -0.2) is 30.9 Å². The first-order chi connectivity index (χ1) is 8.72. The van der Waals surface area contributed by atoms with Gasteiger partial charge < -0.3 is 9.47 Å². The number of aryl methyl sites for hydroxylation is 1. The molecule has 2 rings (SSSR count). The maximum Gasteiger partial charge on any atom is 0.0929 e. The average molecular weight is 251 g/mol. The molecule has 5 nitrogen and oxygen atoms in total. The van der Waals surface area contributed by atoms with Crippen molar-refractivity contribution >= 4 is 0 Å². The molecule has 1 unspecified atom stereocenters. The van der Waals surface area contributed by atoms with E-state index in [1.165, 1.54) is 0 Å². The van der Waals surface area contributed by atoms with Gasteiger partial charge in [0.2, 0.25) is 0 Å². The van der Waals surface area contributed by atoms with Gasteiger partial charge in [-0.2, -0.15) is 0 Å². The van der Waals surface area contributed by atoms with Gasteiger partial charge in [0.15, 0.2) is 0 Å². The standard InChI is InChI=1S/C13H21N3O2/c1-10-3-4-11(9-15-10)12(16-14)13(17-2)5-7-18-8-6-13/h3-4,9,12,16H,5-8,14H2,1-2H3. The zero-order valence-electron chi connectivity index (χ0n) is 11.0. The lowest BCUT2D eigenvalue weighted by atomic mass is 9.83. The fraction of sp³-hybridized carbons (Fsp3) is 0.615. The number of rotatable bonds is 4. The molecule has 1 aromatic heterocycles. The van der Waals surface area contributed by atoms with Gasteiger partial charge in [0, 0.05) is 45.1 Å². The van der Waals surface area contributed by atoms with E-state index in [0.29, 0.717) is 13.2 Å². The fourth-order valence-corrected chi connectivity index (χ4v) is 2.53. The highest BCUT2D eigenvalue weighted by atomic mass is 16.5. The molecule has 0 spiro atoms. The zero-order valence-corrected chi connectivity index (χ0v) is 11.0. The Morgan fingerprint density at radius 2 is 2.17 bits per heavy atom. The molecule has 18 heavy (non-hydrogen) atoms. The van der Waals surface area contributed by atoms with Crippen LogP contribution >= 0.6 is 0 Å². The lowest BCUT2D eigenvalue weighted by molar-refractivity contribution is -0.111. The van der Waals surface area contributed by atoms with Crippen LogP contribution in [0.1, 0.15) is 30.1 Å². The summed E-state index contributed by atoms with van der Waals surface area (Å²) in [6.45, 7) is 3.37. The number of hydrogen-bond acceptors (Lipinski definition) is 5. The summed E-state index contributed by atoms with van der Waals surface area (Å²) in [6.07, 6.45) is 3.51. The van der Waals surface area contributed by atoms with Crippen LogP contribution in [0.15, 0.2) is 18.3 Å². The van der Waals surface area contributed by atoms with Gasteiger partial charge in [-0.15, -0.1) is 0 Å². The SMILES string of the molecule is COC1(C(NN)c2ccc(C)nc2)CCOCC1. The van der Waals surface area contributed by atoms with Crippen molar-refractivity contribution in [1.82, 2.24) is 10.4 Å². The number of aromatic nitrogens is 1. The fourth-order valence-electron chi connectivity index (χ4n) is 2.53. The monoisotopic (exact) mass is 251 g/mol. The van der Waals surface area contributed by atoms with E-state index in [2.05, 4.69) is 10.4 Å². The van der Waals surface area contributed by atoms with Crippen LogP contribution < -0.4 is 11.3 Å². The summed E-state index contributed by atoms with van der Waals surface area (Å²) in [5.74, 6) is 5.74. The van der Waals surface area contributed by atoms with Crippen molar-refractivity contribution in [2.24, 2.45) is 5.84 Å². The molecule has 0 aromatic carbocycles. The van der Waals surface area contributed by atoms with E-state index in [4.69, 9.17) is 15.3 Å². The van der Waals surface area contributed by atoms with E-state index in [-0.39, 0.29) is 11.6 Å². The minimum Gasteiger partial charge on any atom is -0.381 e. The van der Waals surface area contributed by atoms with Crippen LogP contribution in [0.4, 0.5) is 0 Å². The Balaban J connectivity index is 2.27. The Bertz CT molecular complexity index is 374. The minimum absolute atomic E-state index is 0.0699. The molecule has 100 valence electrons. The Morgan fingerprint density at radius 3 is 2.67 bits per heavy atom. The molecule has 1 aliphatic heterocycles. The average Bonchev–Trinajstić information content (AvgIpc) is 2.43. The van der Waals surface area contributed by atoms with Gasteiger partial charge in [0.05, 0.1) is 11.6 Å². The highest BCUT2D eigenvalue weighted by Crippen LogP contribution is 2.36. The molecule has 5 heteroatoms. The number of hydrazine groups is 1. The van der Waals surface area contributed by atoms with Crippen molar-refractivity contribution in [2.45, 2.75) is 31.4 Å². The molecular formula is C13H21N3O2. The first kappa shape index (κ1) is 13.4. The third-order valence-corrected chi connectivity index (χ3v) is 3.71. The highest BCUT2D eigenvalue weighted by molar-refractivity contribution is 5.21. The number of nitrogens with zero attached hydrogens (tertiary/aromatic N) is 1. The van der Waals surface area contributed by atoms with E-state index < -0.39 is 0 Å². The van der Waals surface area contributed by atoms with Crippen LogP contribution in [0.25, 0.3) is 0 Å². The highest BCUT2D eigenvalue weighted by Gasteiger charge is 2.41. The summed E-state index contributed by atoms with van der Waals surface area (Å²) in [5, 5.41) is 0. The normalized spacial score (nSPS) is 20.6. The number of nitrogens with two attached hydrogens (primary N) is 1. The molecule has 2 heterocycles. The summed E-state index contributed by atoms with van der Waals surface area (Å²) >= 11 is 0. The summed E-state index contributed by atoms with van der Waals surface area (Å²) in [7, 11) is 1.73. The summed E-state index contributed by atoms with van der Waals surface area (Å²) < 4.78 is 11.2. The molecular weight excluding hydrogens is 230 g/mol. The molecule has 0 aliphatic carbocycles. The van der Waals surface area contributed by atoms with Crippen molar-refractivity contribution in [2.75, 3.05) is 20.3 Å². The molecule has 3 N–H and O–H groups in total. The van der Waals surface area contributed by atoms with Crippen molar-refractivity contribution < 1.29 is 9.47 Å². The molecule has 1 aromatic rings. The predicted molar refractivity (Wildman–Crippen MR) is 68.8 cm³/mol. The number of methoxy groups -OCH3 is 1. The second-order valence-electron chi connectivity index (χ2n) is 4.71. The van der Waals surface area contributed by atoms with Gasteiger partial charge >= 0.3 is 0 Å². The summed E-state index contributed by atoms with van der Waals surface area (Å²) in [6, 6.07) is 3.96. The van der Waals surface area contributed by atoms with Gasteiger partial charge in [0.25, 0.3) is 0 Å². The third-order valence-electron chi connectivity index (χ3n) is 3.71. The van der Waals surface area contributed by atoms with Gasteiger partial charge in [-0.05, 0) is 18.6 Å². The van der Waals surface area contributed by atoms with Crippen LogP contribution in [-0.2, 0) is 9.47 Å². The van der Waals surface area contributed by atoms with Crippen LogP contribution in [0.5, 0.6) is 0 Å². The first-order valence-corrected chi connectivity index (χ1v) is 6.23. The summed E-state index contributed by atoms with van der Waals surface area (Å²) in [4.78, 5) is 4.33. The Kier molecular flexibility index (Phi) is 4.29. The Hall–Kier alpha value is -1.01. The Labute approximate surface area is 108 Å². The van der Waals surface area contributed by atoms with E-state index in [1.807, 2.05) is 25.3 Å². The summed E-state index contributed by atoms with van der Waals surface area (Å²) in [5.41, 5.74) is 4.60. The van der Waals surface area contributed by atoms with Crippen molar-refractivity contribution in [1.29, 1.82) is 0 Å². The van der Waals surface area contributed by atoms with Crippen molar-refractivity contribution in [3.63, 3.8) is 0 Å². The minimum atomic E-state index is -0.316. The topological polar surface area (TPSA) is 69.4 Å². The van der Waals surface area contributed by atoms with E-state index in [0.717, 1.165) is 24.1 Å². The third kappa shape index (κ3) is 2.54. The van der Waals surface area contributed by atoms with Gasteiger partial charge in [-0.25, -0.2) is 0 Å². The van der Waals surface area contributed by atoms with Crippen molar-refractivity contribution in [3.05, 3.63) is 29.6 Å². The number of nitrogens with one attached hydrogen (secondary N) is 1. The zero-order chi connectivity index (χ0) is 13.0. The van der Waals surface area contributed by atoms with E-state index in [1.54, 1.807) is 7.11 Å². The van der Waals surface area contributed by atoms with Crippen LogP contribution in [0.2, 0.25) is 0 Å². The molecule has 0 amide bonds. The van der Waals surface area contributed by atoms with Crippen LogP contribution in [0.3, 0.4) is 0 Å². The number of pyridine rings is 1. The molecule has 1 atom stereocenters. The smallest absolute Gasteiger partial charge is 0.0929 e. The molecule has 0 bridgehead atoms. The largest absolute Gasteiger partial charge is 0.381 e. The van der Waals surface area contributed by atoms with Gasteiger partial charge in [-0.3, -0.25) is 16.3 Å². The Morgan fingerprint density at radius 1 is 1.44 bits per heavy atom. The molecule has 0 saturated carbocycles. The lowest BCUT2D eigenvalue weighted by Crippen LogP contribution is -2.51. The van der Waals surface area contributed by atoms with Crippen LogP contribution in [0, 0.1) is 6.92 Å². The second-order valence-corrected chi connectivity index (χ2v) is 4.71. The lowest BCUT2D eigenvalue weighted by Gasteiger charge is -2.42. The van der Waals surface area contributed by atoms with Crippen molar-refractivity contribution in [3.8, 4) is 0 Å². The maximum atomic E-state index is 5.77. The molecule has 1 aliphatic rings. The number of ether oxygens (including phenoxy) is 2. The maximum absolute atomic E-state index is 5.77. The quantitative estimate of drug-likeness (QED) is 0.619. The van der Waals surface area contributed by atoms with Gasteiger partial charge in [-0.1, -0.05) is 6.07 Å². The number of hydrogen-bond donors (Lipinski definition) is 2. The molecule has 1 saturated heterocycles. The van der Waals surface area contributed by atoms with Gasteiger partial charge in [0.1, 0.15) is 0 Å². The first-order valence-electron chi connectivity index (χ1n) is 6.23. The molecule has 1 fully saturated rings. The van der Waals surface area contributed by atoms with E-state index in [9.17, 15) is 0 Å².